The zero-order chi connectivity index (χ0) is 15.4. The molecule has 0 aliphatic rings. The van der Waals surface area contributed by atoms with Crippen LogP contribution in [0.1, 0.15) is 28.2 Å². The Balaban J connectivity index is 2.30. The van der Waals surface area contributed by atoms with E-state index in [1.807, 2.05) is 37.3 Å². The molecule has 0 amide bonds. The number of carboxylic acid groups (broad SMARTS) is 1. The number of aryl methyl sites for hydroxylation is 2. The second-order valence-corrected chi connectivity index (χ2v) is 5.29. The molecular formula is C18H20O3. The maximum Gasteiger partial charge on any atom is 0.311 e. The largest absolute Gasteiger partial charge is 0.497 e. The van der Waals surface area contributed by atoms with E-state index in [4.69, 9.17) is 4.74 Å². The summed E-state index contributed by atoms with van der Waals surface area (Å²) in [6, 6.07) is 13.4. The van der Waals surface area contributed by atoms with Crippen LogP contribution in [0.25, 0.3) is 0 Å². The molecule has 0 aromatic heterocycles. The van der Waals surface area contributed by atoms with E-state index in [2.05, 4.69) is 13.0 Å². The van der Waals surface area contributed by atoms with Gasteiger partial charge in [-0.25, -0.2) is 0 Å². The average Bonchev–Trinajstić information content (AvgIpc) is 2.48. The Labute approximate surface area is 125 Å². The SMILES string of the molecule is COc1cccc(C(Cc2ccc(C)c(C)c2)C(=O)O)c1. The van der Waals surface area contributed by atoms with Gasteiger partial charge in [0, 0.05) is 0 Å². The summed E-state index contributed by atoms with van der Waals surface area (Å²) in [5.41, 5.74) is 4.20. The molecule has 1 unspecified atom stereocenters. The van der Waals surface area contributed by atoms with Gasteiger partial charge in [0.2, 0.25) is 0 Å². The highest BCUT2D eigenvalue weighted by Gasteiger charge is 2.21. The van der Waals surface area contributed by atoms with Crippen molar-refractivity contribution in [2.75, 3.05) is 7.11 Å². The first-order valence-electron chi connectivity index (χ1n) is 6.94. The molecular weight excluding hydrogens is 264 g/mol. The highest BCUT2D eigenvalue weighted by atomic mass is 16.5. The molecule has 0 bridgehead atoms. The first-order valence-corrected chi connectivity index (χ1v) is 6.94. The predicted molar refractivity (Wildman–Crippen MR) is 83.0 cm³/mol. The summed E-state index contributed by atoms with van der Waals surface area (Å²) in [5.74, 6) is -0.706. The van der Waals surface area contributed by atoms with Gasteiger partial charge in [-0.05, 0) is 54.7 Å². The van der Waals surface area contributed by atoms with Crippen LogP contribution in [0.2, 0.25) is 0 Å². The van der Waals surface area contributed by atoms with Crippen LogP contribution in [0.5, 0.6) is 5.75 Å². The maximum absolute atomic E-state index is 11.6. The van der Waals surface area contributed by atoms with Crippen LogP contribution in [0, 0.1) is 13.8 Å². The van der Waals surface area contributed by atoms with Crippen molar-refractivity contribution in [3.63, 3.8) is 0 Å². The number of carboxylic acids is 1. The topological polar surface area (TPSA) is 46.5 Å². The van der Waals surface area contributed by atoms with E-state index >= 15 is 0 Å². The fraction of sp³-hybridized carbons (Fsp3) is 0.278. The summed E-state index contributed by atoms with van der Waals surface area (Å²) in [5, 5.41) is 9.53. The third-order valence-corrected chi connectivity index (χ3v) is 3.81. The minimum absolute atomic E-state index is 0.476. The molecule has 2 rings (SSSR count). The fourth-order valence-electron chi connectivity index (χ4n) is 2.37. The molecule has 1 atom stereocenters. The van der Waals surface area contributed by atoms with Crippen molar-refractivity contribution >= 4 is 5.97 Å². The lowest BCUT2D eigenvalue weighted by molar-refractivity contribution is -0.138. The second-order valence-electron chi connectivity index (χ2n) is 5.29. The Bertz CT molecular complexity index is 647. The van der Waals surface area contributed by atoms with Gasteiger partial charge in [0.05, 0.1) is 13.0 Å². The number of ether oxygens (including phenoxy) is 1. The van der Waals surface area contributed by atoms with E-state index < -0.39 is 11.9 Å². The summed E-state index contributed by atoms with van der Waals surface area (Å²) < 4.78 is 5.18. The summed E-state index contributed by atoms with van der Waals surface area (Å²) in [4.78, 5) is 11.6. The van der Waals surface area contributed by atoms with Crippen molar-refractivity contribution in [2.24, 2.45) is 0 Å². The van der Waals surface area contributed by atoms with Gasteiger partial charge in [0.25, 0.3) is 0 Å². The Morgan fingerprint density at radius 3 is 2.52 bits per heavy atom. The first kappa shape index (κ1) is 15.1. The smallest absolute Gasteiger partial charge is 0.311 e. The first-order chi connectivity index (χ1) is 10.0. The van der Waals surface area contributed by atoms with Crippen LogP contribution in [-0.4, -0.2) is 18.2 Å². The van der Waals surface area contributed by atoms with Crippen molar-refractivity contribution < 1.29 is 14.6 Å². The predicted octanol–water partition coefficient (Wildman–Crippen LogP) is 3.72. The number of benzene rings is 2. The van der Waals surface area contributed by atoms with E-state index in [1.54, 1.807) is 13.2 Å². The zero-order valence-electron chi connectivity index (χ0n) is 12.6. The normalized spacial score (nSPS) is 12.0. The molecule has 0 saturated carbocycles. The molecule has 110 valence electrons. The maximum atomic E-state index is 11.6. The molecule has 3 nitrogen and oxygen atoms in total. The lowest BCUT2D eigenvalue weighted by Gasteiger charge is -2.15. The number of hydrogen-bond donors (Lipinski definition) is 1. The van der Waals surface area contributed by atoms with Crippen molar-refractivity contribution in [2.45, 2.75) is 26.2 Å². The van der Waals surface area contributed by atoms with Gasteiger partial charge in [0.1, 0.15) is 5.75 Å². The highest BCUT2D eigenvalue weighted by molar-refractivity contribution is 5.76. The lowest BCUT2D eigenvalue weighted by Crippen LogP contribution is -2.14. The van der Waals surface area contributed by atoms with Crippen molar-refractivity contribution in [3.8, 4) is 5.75 Å². The van der Waals surface area contributed by atoms with Gasteiger partial charge < -0.3 is 9.84 Å². The number of aliphatic carboxylic acids is 1. The molecule has 0 radical (unpaired) electrons. The second kappa shape index (κ2) is 6.44. The molecule has 2 aromatic rings. The molecule has 0 aliphatic heterocycles. The minimum atomic E-state index is -0.818. The van der Waals surface area contributed by atoms with Gasteiger partial charge >= 0.3 is 5.97 Å². The van der Waals surface area contributed by atoms with E-state index in [0.717, 1.165) is 11.1 Å². The summed E-state index contributed by atoms with van der Waals surface area (Å²) in [6.45, 7) is 4.09. The van der Waals surface area contributed by atoms with Crippen LogP contribution in [0.4, 0.5) is 0 Å². The fourth-order valence-corrected chi connectivity index (χ4v) is 2.37. The summed E-state index contributed by atoms with van der Waals surface area (Å²) >= 11 is 0. The monoisotopic (exact) mass is 284 g/mol. The van der Waals surface area contributed by atoms with Gasteiger partial charge in [-0.15, -0.1) is 0 Å². The van der Waals surface area contributed by atoms with Crippen LogP contribution in [0.15, 0.2) is 42.5 Å². The number of hydrogen-bond acceptors (Lipinski definition) is 2. The quantitative estimate of drug-likeness (QED) is 0.910. The van der Waals surface area contributed by atoms with Crippen LogP contribution < -0.4 is 4.74 Å². The van der Waals surface area contributed by atoms with Crippen molar-refractivity contribution in [3.05, 3.63) is 64.7 Å². The standard InChI is InChI=1S/C18H20O3/c1-12-7-8-14(9-13(12)2)10-17(18(19)20)15-5-4-6-16(11-15)21-3/h4-9,11,17H,10H2,1-3H3,(H,19,20). The van der Waals surface area contributed by atoms with Gasteiger partial charge in [-0.1, -0.05) is 30.3 Å². The van der Waals surface area contributed by atoms with Crippen LogP contribution in [-0.2, 0) is 11.2 Å². The summed E-state index contributed by atoms with van der Waals surface area (Å²) in [7, 11) is 1.58. The van der Waals surface area contributed by atoms with Crippen molar-refractivity contribution in [1.82, 2.24) is 0 Å². The average molecular weight is 284 g/mol. The number of carbonyl (C=O) groups is 1. The lowest BCUT2D eigenvalue weighted by atomic mass is 9.91. The molecule has 0 saturated heterocycles. The van der Waals surface area contributed by atoms with E-state index in [9.17, 15) is 9.90 Å². The molecule has 1 N–H and O–H groups in total. The molecule has 0 fully saturated rings. The Morgan fingerprint density at radius 2 is 1.90 bits per heavy atom. The van der Waals surface area contributed by atoms with Crippen LogP contribution in [0.3, 0.4) is 0 Å². The van der Waals surface area contributed by atoms with E-state index in [-0.39, 0.29) is 0 Å². The highest BCUT2D eigenvalue weighted by Crippen LogP contribution is 2.25. The van der Waals surface area contributed by atoms with E-state index in [1.165, 1.54) is 11.1 Å². The minimum Gasteiger partial charge on any atom is -0.497 e. The number of rotatable bonds is 5. The third kappa shape index (κ3) is 3.63. The molecule has 0 heterocycles. The summed E-state index contributed by atoms with van der Waals surface area (Å²) in [6.07, 6.45) is 0.476. The Hall–Kier alpha value is -2.29. The molecule has 3 heteroatoms. The van der Waals surface area contributed by atoms with Gasteiger partial charge in [-0.3, -0.25) is 4.79 Å². The molecule has 2 aromatic carbocycles. The molecule has 0 aliphatic carbocycles. The molecule has 21 heavy (non-hydrogen) atoms. The van der Waals surface area contributed by atoms with Crippen LogP contribution >= 0.6 is 0 Å². The zero-order valence-corrected chi connectivity index (χ0v) is 12.6. The van der Waals surface area contributed by atoms with E-state index in [0.29, 0.717) is 12.2 Å². The van der Waals surface area contributed by atoms with Crippen molar-refractivity contribution in [1.29, 1.82) is 0 Å². The Kier molecular flexibility index (Phi) is 4.63. The Morgan fingerprint density at radius 1 is 1.14 bits per heavy atom. The third-order valence-electron chi connectivity index (χ3n) is 3.81. The number of methoxy groups -OCH3 is 1. The molecule has 0 spiro atoms. The van der Waals surface area contributed by atoms with Gasteiger partial charge in [-0.2, -0.15) is 0 Å². The van der Waals surface area contributed by atoms with Gasteiger partial charge in [0.15, 0.2) is 0 Å².